The number of nitrogens with zero attached hydrogens (tertiary/aromatic N) is 1. The number of para-hydroxylation sites is 1. The normalized spacial score (nSPS) is 29.8. The third-order valence-electron chi connectivity index (χ3n) is 4.80. The highest BCUT2D eigenvalue weighted by atomic mass is 16.5. The number of esters is 1. The zero-order valence-corrected chi connectivity index (χ0v) is 12.9. The van der Waals surface area contributed by atoms with Gasteiger partial charge in [0.1, 0.15) is 5.41 Å². The molecular formula is C17H19NO4. The molecule has 1 aliphatic carbocycles. The van der Waals surface area contributed by atoms with E-state index in [1.165, 1.54) is 7.11 Å². The summed E-state index contributed by atoms with van der Waals surface area (Å²) in [6.07, 6.45) is 3.71. The number of hydrogen-bond donors (Lipinski definition) is 0. The van der Waals surface area contributed by atoms with Crippen LogP contribution in [0.15, 0.2) is 36.4 Å². The molecule has 3 atom stereocenters. The van der Waals surface area contributed by atoms with Crippen LogP contribution in [0.3, 0.4) is 0 Å². The summed E-state index contributed by atoms with van der Waals surface area (Å²) >= 11 is 0. The zero-order chi connectivity index (χ0) is 15.9. The minimum atomic E-state index is -1.13. The molecule has 1 amide bonds. The number of anilines is 1. The smallest absolute Gasteiger partial charge is 0.320 e. The first-order valence-corrected chi connectivity index (χ1v) is 7.24. The minimum absolute atomic E-state index is 0.0875. The fraction of sp³-hybridized carbons (Fsp3) is 0.412. The quantitative estimate of drug-likeness (QED) is 0.616. The third kappa shape index (κ3) is 1.69. The molecule has 0 N–H and O–H groups in total. The molecule has 0 aromatic heterocycles. The van der Waals surface area contributed by atoms with Gasteiger partial charge in [0, 0.05) is 19.8 Å². The molecule has 0 unspecified atom stereocenters. The summed E-state index contributed by atoms with van der Waals surface area (Å²) in [7, 11) is 4.64. The first-order valence-electron chi connectivity index (χ1n) is 7.24. The van der Waals surface area contributed by atoms with Crippen molar-refractivity contribution in [3.8, 4) is 0 Å². The molecule has 1 aliphatic heterocycles. The minimum Gasteiger partial charge on any atom is -0.468 e. The maximum atomic E-state index is 12.8. The summed E-state index contributed by atoms with van der Waals surface area (Å²) < 4.78 is 10.7. The summed E-state index contributed by atoms with van der Waals surface area (Å²) in [6.45, 7) is 0. The molecule has 5 heteroatoms. The van der Waals surface area contributed by atoms with E-state index in [2.05, 4.69) is 0 Å². The van der Waals surface area contributed by atoms with Crippen molar-refractivity contribution in [1.82, 2.24) is 0 Å². The Hall–Kier alpha value is -2.14. The first kappa shape index (κ1) is 14.8. The molecule has 116 valence electrons. The lowest BCUT2D eigenvalue weighted by Gasteiger charge is -2.49. The summed E-state index contributed by atoms with van der Waals surface area (Å²) in [4.78, 5) is 27.3. The van der Waals surface area contributed by atoms with Crippen molar-refractivity contribution in [1.29, 1.82) is 0 Å². The highest BCUT2D eigenvalue weighted by Crippen LogP contribution is 2.50. The Balaban J connectivity index is 2.35. The lowest BCUT2D eigenvalue weighted by molar-refractivity contribution is -0.160. The van der Waals surface area contributed by atoms with Gasteiger partial charge in [0.25, 0.3) is 0 Å². The third-order valence-corrected chi connectivity index (χ3v) is 4.80. The molecule has 0 spiro atoms. The number of benzene rings is 1. The van der Waals surface area contributed by atoms with E-state index in [1.54, 1.807) is 19.1 Å². The molecule has 0 bridgehead atoms. The monoisotopic (exact) mass is 301 g/mol. The molecule has 22 heavy (non-hydrogen) atoms. The predicted octanol–water partition coefficient (Wildman–Crippen LogP) is 1.66. The Morgan fingerprint density at radius 3 is 2.73 bits per heavy atom. The van der Waals surface area contributed by atoms with Gasteiger partial charge in [-0.05, 0) is 18.1 Å². The van der Waals surface area contributed by atoms with Crippen LogP contribution >= 0.6 is 0 Å². The van der Waals surface area contributed by atoms with Gasteiger partial charge < -0.3 is 14.4 Å². The number of carbonyl (C=O) groups excluding carboxylic acids is 2. The molecule has 0 radical (unpaired) electrons. The Bertz CT molecular complexity index is 654. The van der Waals surface area contributed by atoms with Gasteiger partial charge in [0.2, 0.25) is 5.91 Å². The van der Waals surface area contributed by atoms with E-state index in [4.69, 9.17) is 9.47 Å². The number of allylic oxidation sites excluding steroid dienone is 1. The summed E-state index contributed by atoms with van der Waals surface area (Å²) in [5, 5.41) is 0. The fourth-order valence-corrected chi connectivity index (χ4v) is 3.78. The summed E-state index contributed by atoms with van der Waals surface area (Å²) in [5.41, 5.74) is 0.384. The van der Waals surface area contributed by atoms with Crippen molar-refractivity contribution in [2.75, 3.05) is 26.2 Å². The lowest BCUT2D eigenvalue weighted by Crippen LogP contribution is -2.61. The van der Waals surface area contributed by atoms with E-state index in [-0.39, 0.29) is 5.91 Å². The van der Waals surface area contributed by atoms with Crippen LogP contribution in [-0.4, -0.2) is 39.2 Å². The van der Waals surface area contributed by atoms with E-state index < -0.39 is 23.4 Å². The maximum absolute atomic E-state index is 12.8. The average Bonchev–Trinajstić information content (AvgIpc) is 2.58. The number of carbonyl (C=O) groups is 2. The number of fused-ring (bicyclic) bond motifs is 3. The Kier molecular flexibility index (Phi) is 3.53. The van der Waals surface area contributed by atoms with Gasteiger partial charge in [0.05, 0.1) is 19.1 Å². The van der Waals surface area contributed by atoms with Crippen LogP contribution in [0.1, 0.15) is 12.0 Å². The number of amides is 1. The van der Waals surface area contributed by atoms with Gasteiger partial charge in [-0.1, -0.05) is 30.4 Å². The molecule has 1 aromatic rings. The second-order valence-corrected chi connectivity index (χ2v) is 5.65. The van der Waals surface area contributed by atoms with Crippen molar-refractivity contribution in [3.63, 3.8) is 0 Å². The van der Waals surface area contributed by atoms with Gasteiger partial charge in [-0.25, -0.2) is 0 Å². The van der Waals surface area contributed by atoms with Crippen molar-refractivity contribution in [3.05, 3.63) is 42.0 Å². The number of ether oxygens (including phenoxy) is 2. The largest absolute Gasteiger partial charge is 0.468 e. The number of rotatable bonds is 2. The molecule has 0 fully saturated rings. The molecule has 0 saturated carbocycles. The second kappa shape index (κ2) is 5.25. The van der Waals surface area contributed by atoms with E-state index >= 15 is 0 Å². The molecular weight excluding hydrogens is 282 g/mol. The molecule has 5 nitrogen and oxygen atoms in total. The van der Waals surface area contributed by atoms with Gasteiger partial charge >= 0.3 is 5.97 Å². The first-order chi connectivity index (χ1) is 10.6. The Morgan fingerprint density at radius 2 is 2.05 bits per heavy atom. The molecule has 1 aromatic carbocycles. The van der Waals surface area contributed by atoms with Crippen LogP contribution < -0.4 is 4.90 Å². The van der Waals surface area contributed by atoms with Gasteiger partial charge in [-0.15, -0.1) is 0 Å². The van der Waals surface area contributed by atoms with Gasteiger partial charge in [-0.3, -0.25) is 9.59 Å². The topological polar surface area (TPSA) is 55.8 Å². The maximum Gasteiger partial charge on any atom is 0.320 e. The van der Waals surface area contributed by atoms with E-state index in [9.17, 15) is 9.59 Å². The summed E-state index contributed by atoms with van der Waals surface area (Å²) in [6, 6.07) is 7.45. The number of hydrogen-bond acceptors (Lipinski definition) is 4. The van der Waals surface area contributed by atoms with Crippen LogP contribution in [0.2, 0.25) is 0 Å². The van der Waals surface area contributed by atoms with E-state index in [0.717, 1.165) is 11.3 Å². The van der Waals surface area contributed by atoms with Gasteiger partial charge in [0.15, 0.2) is 0 Å². The number of methoxy groups -OCH3 is 2. The van der Waals surface area contributed by atoms with Crippen molar-refractivity contribution in [2.24, 2.45) is 5.92 Å². The van der Waals surface area contributed by atoms with Crippen molar-refractivity contribution >= 4 is 17.6 Å². The van der Waals surface area contributed by atoms with E-state index in [1.807, 2.05) is 36.4 Å². The highest BCUT2D eigenvalue weighted by molar-refractivity contribution is 6.06. The van der Waals surface area contributed by atoms with Crippen molar-refractivity contribution < 1.29 is 19.1 Å². The zero-order valence-electron chi connectivity index (χ0n) is 12.9. The summed E-state index contributed by atoms with van der Waals surface area (Å²) in [5.74, 6) is -1.03. The molecule has 1 heterocycles. The Labute approximate surface area is 129 Å². The van der Waals surface area contributed by atoms with E-state index in [0.29, 0.717) is 6.42 Å². The van der Waals surface area contributed by atoms with Crippen LogP contribution in [-0.2, 0) is 24.5 Å². The van der Waals surface area contributed by atoms with Gasteiger partial charge in [-0.2, -0.15) is 0 Å². The van der Waals surface area contributed by atoms with Crippen LogP contribution in [0, 0.1) is 5.92 Å². The standard InChI is InChI=1S/C17H19NO4/c1-18-13-9-5-4-7-11(13)17(16(20)22-3)12(15(18)19)8-6-10-14(17)21-2/h4-7,9-10,12,14H,8H2,1-3H3/t12-,14+,17-/m1/s1. The van der Waals surface area contributed by atoms with Crippen molar-refractivity contribution in [2.45, 2.75) is 17.9 Å². The fourth-order valence-electron chi connectivity index (χ4n) is 3.78. The molecule has 0 saturated heterocycles. The lowest BCUT2D eigenvalue weighted by atomic mass is 9.60. The van der Waals surface area contributed by atoms with Crippen LogP contribution in [0.5, 0.6) is 0 Å². The molecule has 3 rings (SSSR count). The highest BCUT2D eigenvalue weighted by Gasteiger charge is 2.61. The Morgan fingerprint density at radius 1 is 1.32 bits per heavy atom. The molecule has 2 aliphatic rings. The van der Waals surface area contributed by atoms with Crippen LogP contribution in [0.25, 0.3) is 0 Å². The average molecular weight is 301 g/mol. The SMILES string of the molecule is COC(=O)[C@]12c3ccccc3N(C)C(=O)[C@H]1CC=C[C@@H]2OC. The predicted molar refractivity (Wildman–Crippen MR) is 81.6 cm³/mol. The second-order valence-electron chi connectivity index (χ2n) is 5.65. The van der Waals surface area contributed by atoms with Crippen LogP contribution in [0.4, 0.5) is 5.69 Å².